The summed E-state index contributed by atoms with van der Waals surface area (Å²) in [5.41, 5.74) is 1.65. The Labute approximate surface area is 125 Å². The van der Waals surface area contributed by atoms with Crippen LogP contribution in [0.15, 0.2) is 24.5 Å². The Morgan fingerprint density at radius 2 is 2.05 bits per heavy atom. The van der Waals surface area contributed by atoms with Gasteiger partial charge in [0.2, 0.25) is 6.79 Å². The number of nitrogens with one attached hydrogen (secondary N) is 1. The summed E-state index contributed by atoms with van der Waals surface area (Å²) in [6, 6.07) is 5.76. The minimum Gasteiger partial charge on any atom is -0.454 e. The van der Waals surface area contributed by atoms with Crippen LogP contribution in [0, 0.1) is 0 Å². The lowest BCUT2D eigenvalue weighted by Gasteiger charge is -2.09. The molecule has 0 aliphatic carbocycles. The number of halogens is 2. The van der Waals surface area contributed by atoms with Gasteiger partial charge in [-0.25, -0.2) is 9.97 Å². The molecule has 0 unspecified atom stereocenters. The Bertz CT molecular complexity index is 637. The molecule has 1 aromatic carbocycles. The van der Waals surface area contributed by atoms with Gasteiger partial charge in [0, 0.05) is 6.54 Å². The minimum absolute atomic E-state index is 0.250. The van der Waals surface area contributed by atoms with E-state index >= 15 is 0 Å². The molecule has 7 heteroatoms. The highest BCUT2D eigenvalue weighted by Gasteiger charge is 2.13. The van der Waals surface area contributed by atoms with Crippen molar-refractivity contribution < 1.29 is 9.47 Å². The van der Waals surface area contributed by atoms with Crippen molar-refractivity contribution in [2.45, 2.75) is 12.4 Å². The lowest BCUT2D eigenvalue weighted by atomic mass is 10.2. The molecule has 2 heterocycles. The fraction of sp³-hybridized carbons (Fsp3) is 0.231. The molecule has 1 aromatic heterocycles. The summed E-state index contributed by atoms with van der Waals surface area (Å²) < 4.78 is 10.6. The van der Waals surface area contributed by atoms with Crippen molar-refractivity contribution in [3.63, 3.8) is 0 Å². The van der Waals surface area contributed by atoms with Gasteiger partial charge in [-0.1, -0.05) is 17.7 Å². The zero-order valence-corrected chi connectivity index (χ0v) is 11.9. The Morgan fingerprint density at radius 3 is 2.90 bits per heavy atom. The largest absolute Gasteiger partial charge is 0.454 e. The maximum Gasteiger partial charge on any atom is 0.231 e. The van der Waals surface area contributed by atoms with Crippen LogP contribution < -0.4 is 14.8 Å². The Morgan fingerprint density at radius 1 is 1.20 bits per heavy atom. The van der Waals surface area contributed by atoms with Crippen LogP contribution in [0.5, 0.6) is 11.5 Å². The minimum atomic E-state index is 0.250. The number of hydrogen-bond donors (Lipinski definition) is 1. The van der Waals surface area contributed by atoms with Crippen molar-refractivity contribution in [2.75, 3.05) is 12.1 Å². The quantitative estimate of drug-likeness (QED) is 0.879. The van der Waals surface area contributed by atoms with Crippen LogP contribution in [0.2, 0.25) is 5.02 Å². The number of nitrogens with zero attached hydrogens (tertiary/aromatic N) is 2. The first-order valence-corrected chi connectivity index (χ1v) is 6.87. The third-order valence-corrected chi connectivity index (χ3v) is 3.54. The van der Waals surface area contributed by atoms with E-state index in [2.05, 4.69) is 15.3 Å². The molecule has 2 aromatic rings. The first-order valence-electron chi connectivity index (χ1n) is 5.95. The number of fused-ring (bicyclic) bond motifs is 1. The number of anilines is 1. The van der Waals surface area contributed by atoms with Crippen molar-refractivity contribution in [3.8, 4) is 11.5 Å². The molecule has 1 aliphatic heterocycles. The molecule has 1 aliphatic rings. The third kappa shape index (κ3) is 2.59. The SMILES string of the molecule is ClCc1ncnc(NCc2ccc3c(c2)OCO3)c1Cl. The van der Waals surface area contributed by atoms with E-state index < -0.39 is 0 Å². The molecular weight excluding hydrogens is 301 g/mol. The van der Waals surface area contributed by atoms with Crippen molar-refractivity contribution in [3.05, 3.63) is 40.8 Å². The Kier molecular flexibility index (Phi) is 3.80. The molecule has 3 rings (SSSR count). The predicted octanol–water partition coefficient (Wildman–Crippen LogP) is 3.21. The number of ether oxygens (including phenoxy) is 2. The molecule has 0 spiro atoms. The lowest BCUT2D eigenvalue weighted by Crippen LogP contribution is -2.04. The predicted molar refractivity (Wildman–Crippen MR) is 76.5 cm³/mol. The van der Waals surface area contributed by atoms with Crippen LogP contribution in [0.1, 0.15) is 11.3 Å². The van der Waals surface area contributed by atoms with Gasteiger partial charge in [-0.2, -0.15) is 0 Å². The lowest BCUT2D eigenvalue weighted by molar-refractivity contribution is 0.174. The summed E-state index contributed by atoms with van der Waals surface area (Å²) in [5, 5.41) is 3.60. The molecule has 0 saturated carbocycles. The van der Waals surface area contributed by atoms with E-state index in [0.29, 0.717) is 23.1 Å². The highest BCUT2D eigenvalue weighted by atomic mass is 35.5. The molecule has 0 atom stereocenters. The zero-order chi connectivity index (χ0) is 13.9. The molecule has 0 saturated heterocycles. The van der Waals surface area contributed by atoms with E-state index in [1.165, 1.54) is 6.33 Å². The van der Waals surface area contributed by atoms with Gasteiger partial charge in [0.05, 0.1) is 11.6 Å². The summed E-state index contributed by atoms with van der Waals surface area (Å²) in [6.07, 6.45) is 1.44. The Balaban J connectivity index is 1.73. The third-order valence-electron chi connectivity index (χ3n) is 2.89. The number of benzene rings is 1. The highest BCUT2D eigenvalue weighted by Crippen LogP contribution is 2.32. The van der Waals surface area contributed by atoms with Gasteiger partial charge in [-0.3, -0.25) is 0 Å². The zero-order valence-electron chi connectivity index (χ0n) is 10.4. The average Bonchev–Trinajstić information content (AvgIpc) is 2.93. The normalized spacial score (nSPS) is 12.5. The molecule has 1 N–H and O–H groups in total. The molecule has 5 nitrogen and oxygen atoms in total. The van der Waals surface area contributed by atoms with E-state index in [1.807, 2.05) is 18.2 Å². The van der Waals surface area contributed by atoms with Crippen LogP contribution >= 0.6 is 23.2 Å². The number of alkyl halides is 1. The van der Waals surface area contributed by atoms with E-state index in [-0.39, 0.29) is 12.7 Å². The number of rotatable bonds is 4. The second-order valence-electron chi connectivity index (χ2n) is 4.16. The van der Waals surface area contributed by atoms with Crippen LogP contribution in [0.25, 0.3) is 0 Å². The van der Waals surface area contributed by atoms with Gasteiger partial charge in [0.15, 0.2) is 11.5 Å². The smallest absolute Gasteiger partial charge is 0.231 e. The maximum atomic E-state index is 6.15. The van der Waals surface area contributed by atoms with Gasteiger partial charge in [-0.15, -0.1) is 11.6 Å². The summed E-state index contributed by atoms with van der Waals surface area (Å²) in [4.78, 5) is 8.11. The first-order chi connectivity index (χ1) is 9.78. The number of hydrogen-bond acceptors (Lipinski definition) is 5. The first kappa shape index (κ1) is 13.3. The standard InChI is InChI=1S/C13H11Cl2N3O2/c14-4-9-12(15)13(18-6-17-9)16-5-8-1-2-10-11(3-8)20-7-19-10/h1-3,6H,4-5,7H2,(H,16,17,18). The Hall–Kier alpha value is -1.72. The van der Waals surface area contributed by atoms with Crippen molar-refractivity contribution in [1.82, 2.24) is 9.97 Å². The molecular formula is C13H11Cl2N3O2. The van der Waals surface area contributed by atoms with E-state index in [1.54, 1.807) is 0 Å². The summed E-state index contributed by atoms with van der Waals surface area (Å²) in [5.74, 6) is 2.33. The van der Waals surface area contributed by atoms with Gasteiger partial charge in [-0.05, 0) is 17.7 Å². The van der Waals surface area contributed by atoms with Crippen LogP contribution in [-0.2, 0) is 12.4 Å². The van der Waals surface area contributed by atoms with E-state index in [9.17, 15) is 0 Å². The molecule has 20 heavy (non-hydrogen) atoms. The highest BCUT2D eigenvalue weighted by molar-refractivity contribution is 6.34. The summed E-state index contributed by atoms with van der Waals surface area (Å²) >= 11 is 11.9. The van der Waals surface area contributed by atoms with Crippen LogP contribution in [-0.4, -0.2) is 16.8 Å². The van der Waals surface area contributed by atoms with Crippen molar-refractivity contribution in [2.24, 2.45) is 0 Å². The maximum absolute atomic E-state index is 6.15. The molecule has 0 bridgehead atoms. The topological polar surface area (TPSA) is 56.3 Å². The molecule has 0 radical (unpaired) electrons. The second kappa shape index (κ2) is 5.73. The molecule has 0 fully saturated rings. The number of aromatic nitrogens is 2. The fourth-order valence-electron chi connectivity index (χ4n) is 1.86. The fourth-order valence-corrected chi connectivity index (χ4v) is 2.36. The molecule has 104 valence electrons. The monoisotopic (exact) mass is 311 g/mol. The van der Waals surface area contributed by atoms with Crippen LogP contribution in [0.4, 0.5) is 5.82 Å². The van der Waals surface area contributed by atoms with E-state index in [4.69, 9.17) is 32.7 Å². The molecule has 0 amide bonds. The van der Waals surface area contributed by atoms with E-state index in [0.717, 1.165) is 17.1 Å². The van der Waals surface area contributed by atoms with Gasteiger partial charge < -0.3 is 14.8 Å². The average molecular weight is 312 g/mol. The summed E-state index contributed by atoms with van der Waals surface area (Å²) in [7, 11) is 0. The van der Waals surface area contributed by atoms with Gasteiger partial charge in [0.1, 0.15) is 17.2 Å². The van der Waals surface area contributed by atoms with Gasteiger partial charge in [0.25, 0.3) is 0 Å². The van der Waals surface area contributed by atoms with Crippen molar-refractivity contribution in [1.29, 1.82) is 0 Å². The van der Waals surface area contributed by atoms with Crippen LogP contribution in [0.3, 0.4) is 0 Å². The summed E-state index contributed by atoms with van der Waals surface area (Å²) in [6.45, 7) is 0.831. The van der Waals surface area contributed by atoms with Crippen molar-refractivity contribution >= 4 is 29.0 Å². The van der Waals surface area contributed by atoms with Gasteiger partial charge >= 0.3 is 0 Å². The second-order valence-corrected chi connectivity index (χ2v) is 4.80.